The number of halogens is 1. The fraction of sp³-hybridized carbons (Fsp3) is 0.0526. The Morgan fingerprint density at radius 1 is 0.962 bits per heavy atom. The summed E-state index contributed by atoms with van der Waals surface area (Å²) < 4.78 is 13.8. The Morgan fingerprint density at radius 2 is 1.73 bits per heavy atom. The minimum Gasteiger partial charge on any atom is -0.305 e. The molecule has 0 spiro atoms. The third kappa shape index (κ3) is 2.17. The molecule has 0 atom stereocenters. The second-order valence-corrected chi connectivity index (χ2v) is 6.09. The van der Waals surface area contributed by atoms with E-state index in [1.165, 1.54) is 12.1 Å². The average Bonchev–Trinajstić information content (AvgIpc) is 3.06. The number of nitrogens with one attached hydrogen (secondary N) is 2. The van der Waals surface area contributed by atoms with Gasteiger partial charge in [0.15, 0.2) is 0 Å². The number of rotatable bonds is 2. The predicted octanol–water partition coefficient (Wildman–Crippen LogP) is 3.08. The van der Waals surface area contributed by atoms with Gasteiger partial charge in [0.05, 0.1) is 10.9 Å². The highest BCUT2D eigenvalue weighted by Crippen LogP contribution is 2.32. The minimum atomic E-state index is -0.401. The van der Waals surface area contributed by atoms with E-state index in [9.17, 15) is 9.18 Å². The van der Waals surface area contributed by atoms with Gasteiger partial charge in [-0.15, -0.1) is 0 Å². The van der Waals surface area contributed by atoms with Gasteiger partial charge in [-0.25, -0.2) is 14.4 Å². The highest BCUT2D eigenvalue weighted by Gasteiger charge is 2.16. The van der Waals surface area contributed by atoms with Crippen molar-refractivity contribution in [2.24, 2.45) is 0 Å². The van der Waals surface area contributed by atoms with Crippen molar-refractivity contribution in [3.05, 3.63) is 76.5 Å². The van der Waals surface area contributed by atoms with Crippen molar-refractivity contribution in [1.29, 1.82) is 0 Å². The number of hydrogen-bond acceptors (Lipinski definition) is 4. The molecule has 0 radical (unpaired) electrons. The number of pyridine rings is 1. The SMILES string of the molecule is O=c1[nH][nH]cc2c3nc(Cc4ccncc4)nc3c3ccc(F)cc3c12. The van der Waals surface area contributed by atoms with Gasteiger partial charge in [-0.2, -0.15) is 0 Å². The Labute approximate surface area is 145 Å². The van der Waals surface area contributed by atoms with Crippen LogP contribution in [-0.4, -0.2) is 25.1 Å². The van der Waals surface area contributed by atoms with Crippen molar-refractivity contribution in [2.45, 2.75) is 6.42 Å². The van der Waals surface area contributed by atoms with E-state index < -0.39 is 5.82 Å². The number of nitrogens with zero attached hydrogens (tertiary/aromatic N) is 3. The van der Waals surface area contributed by atoms with Gasteiger partial charge in [-0.3, -0.25) is 14.9 Å². The first-order chi connectivity index (χ1) is 12.7. The van der Waals surface area contributed by atoms with E-state index in [-0.39, 0.29) is 5.56 Å². The Morgan fingerprint density at radius 3 is 2.54 bits per heavy atom. The van der Waals surface area contributed by atoms with Gasteiger partial charge < -0.3 is 5.10 Å². The Bertz CT molecular complexity index is 1340. The Kier molecular flexibility index (Phi) is 3.08. The molecule has 5 aromatic rings. The van der Waals surface area contributed by atoms with E-state index in [1.54, 1.807) is 24.7 Å². The van der Waals surface area contributed by atoms with Gasteiger partial charge in [0.1, 0.15) is 17.2 Å². The molecule has 0 amide bonds. The van der Waals surface area contributed by atoms with Gasteiger partial charge in [-0.1, -0.05) is 0 Å². The summed E-state index contributed by atoms with van der Waals surface area (Å²) in [4.78, 5) is 25.7. The van der Waals surface area contributed by atoms with Crippen molar-refractivity contribution < 1.29 is 4.39 Å². The van der Waals surface area contributed by atoms with Crippen LogP contribution in [0.3, 0.4) is 0 Å². The highest BCUT2D eigenvalue weighted by molar-refractivity contribution is 6.22. The zero-order chi connectivity index (χ0) is 17.7. The molecule has 6 nitrogen and oxygen atoms in total. The number of fused-ring (bicyclic) bond motifs is 6. The molecule has 0 saturated heterocycles. The molecular weight excluding hydrogens is 333 g/mol. The molecule has 7 heteroatoms. The fourth-order valence-electron chi connectivity index (χ4n) is 3.34. The lowest BCUT2D eigenvalue weighted by Gasteiger charge is -2.04. The maximum atomic E-state index is 13.8. The van der Waals surface area contributed by atoms with Crippen LogP contribution in [0.15, 0.2) is 53.7 Å². The van der Waals surface area contributed by atoms with Gasteiger partial charge >= 0.3 is 0 Å². The van der Waals surface area contributed by atoms with Crippen molar-refractivity contribution in [1.82, 2.24) is 25.1 Å². The van der Waals surface area contributed by atoms with E-state index >= 15 is 0 Å². The second-order valence-electron chi connectivity index (χ2n) is 6.09. The maximum absolute atomic E-state index is 13.8. The average molecular weight is 345 g/mol. The third-order valence-electron chi connectivity index (χ3n) is 4.48. The van der Waals surface area contributed by atoms with E-state index in [4.69, 9.17) is 0 Å². The molecule has 0 fully saturated rings. The van der Waals surface area contributed by atoms with Crippen molar-refractivity contribution in [3.63, 3.8) is 0 Å². The van der Waals surface area contributed by atoms with Crippen LogP contribution in [0.1, 0.15) is 11.4 Å². The van der Waals surface area contributed by atoms with Crippen molar-refractivity contribution in [2.75, 3.05) is 0 Å². The number of benzene rings is 2. The molecule has 0 aliphatic rings. The van der Waals surface area contributed by atoms with Crippen LogP contribution < -0.4 is 5.56 Å². The van der Waals surface area contributed by atoms with Gasteiger partial charge in [0.25, 0.3) is 5.56 Å². The number of imidazole rings is 1. The van der Waals surface area contributed by atoms with E-state index in [2.05, 4.69) is 25.1 Å². The zero-order valence-corrected chi connectivity index (χ0v) is 13.5. The monoisotopic (exact) mass is 345 g/mol. The summed E-state index contributed by atoms with van der Waals surface area (Å²) >= 11 is 0. The molecule has 2 N–H and O–H groups in total. The lowest BCUT2D eigenvalue weighted by molar-refractivity contribution is 0.630. The molecule has 5 rings (SSSR count). The summed E-state index contributed by atoms with van der Waals surface area (Å²) in [5, 5.41) is 7.52. The molecule has 0 aliphatic heterocycles. The second kappa shape index (κ2) is 5.45. The van der Waals surface area contributed by atoms with Crippen LogP contribution in [0.25, 0.3) is 32.6 Å². The fourth-order valence-corrected chi connectivity index (χ4v) is 3.34. The van der Waals surface area contributed by atoms with E-state index in [0.717, 1.165) is 5.56 Å². The first-order valence-corrected chi connectivity index (χ1v) is 8.07. The molecule has 2 aromatic carbocycles. The molecule has 0 bridgehead atoms. The largest absolute Gasteiger partial charge is 0.305 e. The summed E-state index contributed by atoms with van der Waals surface area (Å²) in [5.74, 6) is 0.242. The van der Waals surface area contributed by atoms with Crippen LogP contribution in [0.2, 0.25) is 0 Å². The molecule has 0 aliphatic carbocycles. The normalized spacial score (nSPS) is 11.6. The quantitative estimate of drug-likeness (QED) is 0.481. The maximum Gasteiger partial charge on any atom is 0.270 e. The third-order valence-corrected chi connectivity index (χ3v) is 4.48. The summed E-state index contributed by atoms with van der Waals surface area (Å²) in [6.45, 7) is 0. The van der Waals surface area contributed by atoms with Crippen LogP contribution in [0.5, 0.6) is 0 Å². The lowest BCUT2D eigenvalue weighted by atomic mass is 10.0. The van der Waals surface area contributed by atoms with Gasteiger partial charge in [0, 0.05) is 41.2 Å². The standard InChI is InChI=1S/C19H12FN5O/c20-11-1-2-12-13(8-11)16-14(9-22-25-19(16)26)18-17(12)23-15(24-18)7-10-3-5-21-6-4-10/h1-6,8-9,22H,7H2,(H,25,26). The summed E-state index contributed by atoms with van der Waals surface area (Å²) in [6, 6.07) is 8.20. The van der Waals surface area contributed by atoms with Crippen LogP contribution in [0.4, 0.5) is 4.39 Å². The smallest absolute Gasteiger partial charge is 0.270 e. The first-order valence-electron chi connectivity index (χ1n) is 8.07. The molecule has 126 valence electrons. The van der Waals surface area contributed by atoms with E-state index in [0.29, 0.717) is 44.8 Å². The van der Waals surface area contributed by atoms with Crippen molar-refractivity contribution in [3.8, 4) is 0 Å². The zero-order valence-electron chi connectivity index (χ0n) is 13.5. The Balaban J connectivity index is 1.87. The number of H-pyrrole nitrogens is 2. The predicted molar refractivity (Wildman–Crippen MR) is 96.5 cm³/mol. The number of hydrogen-bond donors (Lipinski definition) is 2. The summed E-state index contributed by atoms with van der Waals surface area (Å²) in [7, 11) is 0. The molecular formula is C19H12FN5O. The first kappa shape index (κ1) is 14.7. The van der Waals surface area contributed by atoms with Crippen LogP contribution >= 0.6 is 0 Å². The molecule has 3 heterocycles. The highest BCUT2D eigenvalue weighted by atomic mass is 19.1. The molecule has 0 unspecified atom stereocenters. The number of aromatic nitrogens is 5. The molecule has 3 aromatic heterocycles. The van der Waals surface area contributed by atoms with E-state index in [1.807, 2.05) is 12.1 Å². The topological polar surface area (TPSA) is 87.3 Å². The minimum absolute atomic E-state index is 0.321. The van der Waals surface area contributed by atoms with Crippen LogP contribution in [-0.2, 0) is 6.42 Å². The van der Waals surface area contributed by atoms with Crippen molar-refractivity contribution >= 4 is 32.6 Å². The summed E-state index contributed by atoms with van der Waals surface area (Å²) in [5.41, 5.74) is 2.01. The van der Waals surface area contributed by atoms with Crippen LogP contribution in [0, 0.1) is 5.82 Å². The molecule has 26 heavy (non-hydrogen) atoms. The Hall–Kier alpha value is -3.61. The number of aromatic amines is 2. The molecule has 0 saturated carbocycles. The van der Waals surface area contributed by atoms with Gasteiger partial charge in [-0.05, 0) is 35.9 Å². The summed E-state index contributed by atoms with van der Waals surface area (Å²) in [6.07, 6.45) is 5.66. The van der Waals surface area contributed by atoms with Gasteiger partial charge in [0.2, 0.25) is 0 Å². The lowest BCUT2D eigenvalue weighted by Crippen LogP contribution is -2.08.